The second kappa shape index (κ2) is 6.05. The number of fused-ring (bicyclic) bond motifs is 1. The van der Waals surface area contributed by atoms with Crippen LogP contribution in [-0.2, 0) is 9.59 Å². The Hall–Kier alpha value is 0.0600. The number of halogens is 2. The summed E-state index contributed by atoms with van der Waals surface area (Å²) >= 11 is 7.24. The maximum Gasteiger partial charge on any atom is 0.307 e. The third-order valence-electron chi connectivity index (χ3n) is 5.08. The summed E-state index contributed by atoms with van der Waals surface area (Å²) < 4.78 is 0. The summed E-state index contributed by atoms with van der Waals surface area (Å²) in [6, 6.07) is 0. The third kappa shape index (κ3) is 2.71. The van der Waals surface area contributed by atoms with E-state index in [-0.39, 0.29) is 39.1 Å². The number of aliphatic hydroxyl groups excluding tert-OH is 1. The molecule has 2 aliphatic carbocycles. The normalized spacial score (nSPS) is 48.5. The Labute approximate surface area is 135 Å². The SMILES string of the molecule is CC(=O)C1CC(O)C2C(C1)C(Br)C(Br)C(C)C2C(=O)O. The number of rotatable bonds is 2. The molecule has 0 aromatic carbocycles. The maximum atomic E-state index is 11.6. The number of carboxylic acid groups (broad SMARTS) is 1. The van der Waals surface area contributed by atoms with Crippen LogP contribution in [0.3, 0.4) is 0 Å². The van der Waals surface area contributed by atoms with E-state index in [9.17, 15) is 19.8 Å². The van der Waals surface area contributed by atoms with Crippen LogP contribution < -0.4 is 0 Å². The van der Waals surface area contributed by atoms with Crippen molar-refractivity contribution in [2.45, 2.75) is 42.4 Å². The second-order valence-electron chi connectivity index (χ2n) is 6.20. The average molecular weight is 412 g/mol. The predicted molar refractivity (Wildman–Crippen MR) is 82.1 cm³/mol. The number of carboxylic acids is 1. The first-order valence-corrected chi connectivity index (χ1v) is 8.78. The molecule has 8 unspecified atom stereocenters. The van der Waals surface area contributed by atoms with Gasteiger partial charge >= 0.3 is 5.97 Å². The van der Waals surface area contributed by atoms with Crippen LogP contribution in [0.15, 0.2) is 0 Å². The third-order valence-corrected chi connectivity index (χ3v) is 8.44. The van der Waals surface area contributed by atoms with Crippen molar-refractivity contribution in [2.75, 3.05) is 0 Å². The van der Waals surface area contributed by atoms with Crippen molar-refractivity contribution in [1.29, 1.82) is 0 Å². The summed E-state index contributed by atoms with van der Waals surface area (Å²) in [5.41, 5.74) is 0. The van der Waals surface area contributed by atoms with E-state index in [1.54, 1.807) is 6.92 Å². The molecule has 4 nitrogen and oxygen atoms in total. The van der Waals surface area contributed by atoms with Gasteiger partial charge in [-0.3, -0.25) is 9.59 Å². The quantitative estimate of drug-likeness (QED) is 0.684. The average Bonchev–Trinajstić information content (AvgIpc) is 2.36. The lowest BCUT2D eigenvalue weighted by atomic mass is 9.58. The number of aliphatic carboxylic acids is 1. The molecule has 20 heavy (non-hydrogen) atoms. The lowest BCUT2D eigenvalue weighted by molar-refractivity contribution is -0.155. The van der Waals surface area contributed by atoms with Gasteiger partial charge in [0.2, 0.25) is 0 Å². The van der Waals surface area contributed by atoms with Crippen LogP contribution >= 0.6 is 31.9 Å². The van der Waals surface area contributed by atoms with Gasteiger partial charge < -0.3 is 10.2 Å². The van der Waals surface area contributed by atoms with Crippen molar-refractivity contribution in [3.63, 3.8) is 0 Å². The summed E-state index contributed by atoms with van der Waals surface area (Å²) in [5.74, 6) is -1.84. The Morgan fingerprint density at radius 2 is 1.75 bits per heavy atom. The van der Waals surface area contributed by atoms with Crippen LogP contribution in [-0.4, -0.2) is 37.7 Å². The molecule has 0 heterocycles. The maximum absolute atomic E-state index is 11.6. The van der Waals surface area contributed by atoms with Crippen LogP contribution in [0.4, 0.5) is 0 Å². The highest BCUT2D eigenvalue weighted by Crippen LogP contribution is 2.52. The first kappa shape index (κ1) is 16.4. The van der Waals surface area contributed by atoms with E-state index in [1.165, 1.54) is 0 Å². The van der Waals surface area contributed by atoms with Crippen molar-refractivity contribution in [1.82, 2.24) is 0 Å². The van der Waals surface area contributed by atoms with Gasteiger partial charge in [-0.15, -0.1) is 0 Å². The molecule has 0 radical (unpaired) electrons. The molecule has 0 bridgehead atoms. The number of carbonyl (C=O) groups excluding carboxylic acids is 1. The van der Waals surface area contributed by atoms with Gasteiger partial charge in [0.25, 0.3) is 0 Å². The molecule has 114 valence electrons. The van der Waals surface area contributed by atoms with Gasteiger partial charge in [0.05, 0.1) is 12.0 Å². The van der Waals surface area contributed by atoms with Gasteiger partial charge in [0.1, 0.15) is 5.78 Å². The molecule has 0 saturated heterocycles. The van der Waals surface area contributed by atoms with E-state index >= 15 is 0 Å². The highest BCUT2D eigenvalue weighted by Gasteiger charge is 2.55. The van der Waals surface area contributed by atoms with Gasteiger partial charge in [-0.2, -0.15) is 0 Å². The Morgan fingerprint density at radius 3 is 2.25 bits per heavy atom. The topological polar surface area (TPSA) is 74.6 Å². The molecule has 0 aromatic heterocycles. The number of aliphatic hydroxyl groups is 1. The molecule has 2 saturated carbocycles. The predicted octanol–water partition coefficient (Wildman–Crippen LogP) is 2.46. The molecule has 0 amide bonds. The van der Waals surface area contributed by atoms with Gasteiger partial charge in [0.15, 0.2) is 0 Å². The van der Waals surface area contributed by atoms with Crippen LogP contribution in [0, 0.1) is 29.6 Å². The molecule has 2 fully saturated rings. The van der Waals surface area contributed by atoms with Crippen LogP contribution in [0.25, 0.3) is 0 Å². The van der Waals surface area contributed by atoms with Crippen LogP contribution in [0.2, 0.25) is 0 Å². The van der Waals surface area contributed by atoms with E-state index in [2.05, 4.69) is 31.9 Å². The smallest absolute Gasteiger partial charge is 0.307 e. The fourth-order valence-electron chi connectivity index (χ4n) is 3.96. The monoisotopic (exact) mass is 410 g/mol. The van der Waals surface area contributed by atoms with Gasteiger partial charge in [-0.25, -0.2) is 0 Å². The van der Waals surface area contributed by atoms with Crippen molar-refractivity contribution in [3.8, 4) is 0 Å². The molecule has 2 aliphatic rings. The number of alkyl halides is 2. The lowest BCUT2D eigenvalue weighted by Crippen LogP contribution is -2.56. The minimum absolute atomic E-state index is 0.00863. The lowest BCUT2D eigenvalue weighted by Gasteiger charge is -2.51. The van der Waals surface area contributed by atoms with Crippen LogP contribution in [0.5, 0.6) is 0 Å². The molecular weight excluding hydrogens is 392 g/mol. The van der Waals surface area contributed by atoms with E-state index in [0.717, 1.165) is 0 Å². The standard InChI is InChI=1S/C14H20Br2O4/c1-5-10(14(19)20)11-8(13(16)12(5)15)3-7(6(2)17)4-9(11)18/h5,7-13,18H,3-4H2,1-2H3,(H,19,20). The van der Waals surface area contributed by atoms with Gasteiger partial charge in [0, 0.05) is 21.5 Å². The minimum Gasteiger partial charge on any atom is -0.481 e. The second-order valence-corrected chi connectivity index (χ2v) is 8.31. The van der Waals surface area contributed by atoms with Gasteiger partial charge in [-0.1, -0.05) is 38.8 Å². The number of hydrogen-bond acceptors (Lipinski definition) is 3. The number of ketones is 1. The zero-order chi connectivity index (χ0) is 15.2. The Morgan fingerprint density at radius 1 is 1.15 bits per heavy atom. The Kier molecular flexibility index (Phi) is 4.97. The fourth-order valence-corrected chi connectivity index (χ4v) is 5.73. The van der Waals surface area contributed by atoms with Crippen molar-refractivity contribution in [2.24, 2.45) is 29.6 Å². The molecule has 0 aromatic rings. The molecule has 0 aliphatic heterocycles. The number of hydrogen-bond donors (Lipinski definition) is 2. The molecule has 2 rings (SSSR count). The highest BCUT2D eigenvalue weighted by molar-refractivity contribution is 9.12. The summed E-state index contributed by atoms with van der Waals surface area (Å²) in [6.45, 7) is 3.46. The summed E-state index contributed by atoms with van der Waals surface area (Å²) in [4.78, 5) is 23.4. The molecular formula is C14H20Br2O4. The molecule has 6 heteroatoms. The minimum atomic E-state index is -0.850. The largest absolute Gasteiger partial charge is 0.481 e. The summed E-state index contributed by atoms with van der Waals surface area (Å²) in [6.07, 6.45) is 0.330. The first-order valence-electron chi connectivity index (χ1n) is 6.95. The van der Waals surface area contributed by atoms with Crippen molar-refractivity contribution in [3.05, 3.63) is 0 Å². The summed E-state index contributed by atoms with van der Waals surface area (Å²) in [5, 5.41) is 19.9. The zero-order valence-corrected chi connectivity index (χ0v) is 14.7. The number of Topliss-reactive ketones (excluding diaryl/α,β-unsaturated/α-hetero) is 1. The first-order chi connectivity index (χ1) is 9.25. The molecule has 8 atom stereocenters. The van der Waals surface area contributed by atoms with Crippen LogP contribution in [0.1, 0.15) is 26.7 Å². The Balaban J connectivity index is 2.34. The number of carbonyl (C=O) groups is 2. The summed E-state index contributed by atoms with van der Waals surface area (Å²) in [7, 11) is 0. The van der Waals surface area contributed by atoms with Crippen molar-refractivity contribution >= 4 is 43.6 Å². The fraction of sp³-hybridized carbons (Fsp3) is 0.857. The van der Waals surface area contributed by atoms with E-state index < -0.39 is 18.0 Å². The van der Waals surface area contributed by atoms with E-state index in [1.807, 2.05) is 6.92 Å². The zero-order valence-electron chi connectivity index (χ0n) is 11.5. The van der Waals surface area contributed by atoms with Crippen molar-refractivity contribution < 1.29 is 19.8 Å². The molecule has 0 spiro atoms. The highest BCUT2D eigenvalue weighted by atomic mass is 79.9. The van der Waals surface area contributed by atoms with Gasteiger partial charge in [-0.05, 0) is 31.6 Å². The van der Waals surface area contributed by atoms with E-state index in [0.29, 0.717) is 12.8 Å². The Bertz CT molecular complexity index is 414. The van der Waals surface area contributed by atoms with E-state index in [4.69, 9.17) is 0 Å². The molecule has 2 N–H and O–H groups in total.